The second kappa shape index (κ2) is 14.7. The molecule has 0 saturated heterocycles. The fourth-order valence-electron chi connectivity index (χ4n) is 2.88. The summed E-state index contributed by atoms with van der Waals surface area (Å²) in [6.07, 6.45) is 9.95. The predicted molar refractivity (Wildman–Crippen MR) is 130 cm³/mol. The number of hydrogen-bond acceptors (Lipinski definition) is 3. The Morgan fingerprint density at radius 1 is 1.14 bits per heavy atom. The molecule has 3 nitrogen and oxygen atoms in total. The number of ether oxygens (including phenoxy) is 2. The Hall–Kier alpha value is -0.203. The van der Waals surface area contributed by atoms with Gasteiger partial charge in [0.15, 0.2) is 11.5 Å². The van der Waals surface area contributed by atoms with Crippen molar-refractivity contribution in [2.24, 2.45) is 0 Å². The third-order valence-corrected chi connectivity index (χ3v) is 8.38. The maximum atomic E-state index is 12.3. The zero-order chi connectivity index (χ0) is 21.7. The van der Waals surface area contributed by atoms with E-state index in [1.54, 1.807) is 6.08 Å². The van der Waals surface area contributed by atoms with Crippen LogP contribution in [-0.2, 0) is 17.2 Å². The lowest BCUT2D eigenvalue weighted by atomic mass is 10.1. The van der Waals surface area contributed by atoms with Gasteiger partial charge in [-0.2, -0.15) is 0 Å². The van der Waals surface area contributed by atoms with Gasteiger partial charge >= 0.3 is 6.00 Å². The number of unbranched alkanes of at least 4 members (excludes halogenated alkanes) is 5. The molecule has 8 heteroatoms. The molecule has 0 bridgehead atoms. The first-order valence-electron chi connectivity index (χ1n) is 10.2. The maximum Gasteiger partial charge on any atom is 0.344 e. The molecule has 2 unspecified atom stereocenters. The molecule has 29 heavy (non-hydrogen) atoms. The van der Waals surface area contributed by atoms with Gasteiger partial charge < -0.3 is 9.47 Å². The average Bonchev–Trinajstić information content (AvgIpc) is 3.11. The zero-order valence-corrected chi connectivity index (χ0v) is 21.5. The van der Waals surface area contributed by atoms with Gasteiger partial charge in [-0.15, -0.1) is 39.8 Å². The predicted octanol–water partition coefficient (Wildman–Crippen LogP) is 7.28. The highest BCUT2D eigenvalue weighted by Crippen LogP contribution is 2.33. The van der Waals surface area contributed by atoms with Gasteiger partial charge in [-0.1, -0.05) is 58.1 Å². The van der Waals surface area contributed by atoms with Crippen LogP contribution in [0.1, 0.15) is 57.9 Å². The molecular formula is C21H33Cl3O3SSi. The summed E-state index contributed by atoms with van der Waals surface area (Å²) in [6.45, 7) is 8.04. The molecule has 0 amide bonds. The first kappa shape index (κ1) is 26.8. The molecule has 0 fully saturated rings. The molecule has 2 rings (SSSR count). The fourth-order valence-corrected chi connectivity index (χ4v) is 5.46. The number of halogens is 3. The van der Waals surface area contributed by atoms with Crippen LogP contribution in [0.3, 0.4) is 0 Å². The highest BCUT2D eigenvalue weighted by molar-refractivity contribution is 7.85. The van der Waals surface area contributed by atoms with E-state index in [9.17, 15) is 4.21 Å². The van der Waals surface area contributed by atoms with Crippen molar-refractivity contribution in [3.8, 4) is 11.5 Å². The van der Waals surface area contributed by atoms with Crippen LogP contribution in [0.15, 0.2) is 30.9 Å². The molecule has 0 aromatic heterocycles. The summed E-state index contributed by atoms with van der Waals surface area (Å²) in [5.74, 6) is 2.45. The second-order valence-corrected chi connectivity index (χ2v) is 18.3. The van der Waals surface area contributed by atoms with Gasteiger partial charge in [0.1, 0.15) is 0 Å². The summed E-state index contributed by atoms with van der Waals surface area (Å²) < 4.78 is 23.0. The Bertz CT molecular complexity index is 638. The molecule has 0 radical (unpaired) electrons. The Morgan fingerprint density at radius 2 is 1.79 bits per heavy atom. The van der Waals surface area contributed by atoms with Crippen LogP contribution in [0.5, 0.6) is 11.5 Å². The zero-order valence-electron chi connectivity index (χ0n) is 17.4. The number of allylic oxidation sites excluding steroid dienone is 1. The summed E-state index contributed by atoms with van der Waals surface area (Å²) in [6, 6.07) is 4.19. The molecule has 1 heterocycles. The van der Waals surface area contributed by atoms with E-state index < -0.39 is 16.8 Å². The van der Waals surface area contributed by atoms with Crippen LogP contribution < -0.4 is 9.47 Å². The van der Waals surface area contributed by atoms with Crippen molar-refractivity contribution in [2.45, 2.75) is 70.1 Å². The van der Waals surface area contributed by atoms with E-state index in [1.165, 1.54) is 37.7 Å². The molecule has 0 N–H and O–H groups in total. The van der Waals surface area contributed by atoms with Crippen molar-refractivity contribution >= 4 is 50.0 Å². The Labute approximate surface area is 193 Å². The van der Waals surface area contributed by atoms with E-state index in [4.69, 9.17) is 42.7 Å². The van der Waals surface area contributed by atoms with Crippen molar-refractivity contribution in [1.82, 2.24) is 0 Å². The minimum absolute atomic E-state index is 0.191. The van der Waals surface area contributed by atoms with Crippen molar-refractivity contribution < 1.29 is 13.7 Å². The maximum absolute atomic E-state index is 12.3. The smallest absolute Gasteiger partial charge is 0.344 e. The molecule has 0 aliphatic carbocycles. The van der Waals surface area contributed by atoms with Gasteiger partial charge in [0.25, 0.3) is 0 Å². The van der Waals surface area contributed by atoms with Gasteiger partial charge in [-0.25, -0.2) is 0 Å². The molecule has 1 aliphatic rings. The summed E-state index contributed by atoms with van der Waals surface area (Å²) in [5.41, 5.74) is 1.17. The SMILES string of the molecule is C=CC[Si](Cl)(Cl)Cl.CCCCCCCCS(=O)C(C)Cc1ccc2c(c1)OCO2. The minimum atomic E-state index is -2.36. The highest BCUT2D eigenvalue weighted by atomic mass is 35.8. The van der Waals surface area contributed by atoms with Crippen molar-refractivity contribution in [3.05, 3.63) is 36.4 Å². The van der Waals surface area contributed by atoms with Gasteiger partial charge in [-0.3, -0.25) is 4.21 Å². The first-order chi connectivity index (χ1) is 13.8. The molecule has 0 spiro atoms. The molecule has 2 atom stereocenters. The van der Waals surface area contributed by atoms with Crippen molar-refractivity contribution in [2.75, 3.05) is 12.5 Å². The standard InChI is InChI=1S/C18H28O3S.C3H5Cl3Si/c1-3-4-5-6-7-8-11-22(19)15(2)12-16-9-10-17-18(13-16)21-14-20-17;1-2-3-7(4,5)6/h9-10,13,15H,3-8,11-12,14H2,1-2H3;2H,1,3H2. The number of hydrogen-bond donors (Lipinski definition) is 0. The van der Waals surface area contributed by atoms with Gasteiger partial charge in [0.2, 0.25) is 6.79 Å². The summed E-state index contributed by atoms with van der Waals surface area (Å²) >= 11 is 16.3. The molecule has 1 aliphatic heterocycles. The van der Waals surface area contributed by atoms with Gasteiger partial charge in [0.05, 0.1) is 0 Å². The van der Waals surface area contributed by atoms with Crippen LogP contribution in [0, 0.1) is 0 Å². The lowest BCUT2D eigenvalue weighted by molar-refractivity contribution is 0.174. The van der Waals surface area contributed by atoms with E-state index in [1.807, 2.05) is 18.2 Å². The Kier molecular flexibility index (Phi) is 13.6. The molecule has 166 valence electrons. The van der Waals surface area contributed by atoms with Gasteiger partial charge in [0, 0.05) is 27.8 Å². The normalized spacial score (nSPS) is 14.7. The van der Waals surface area contributed by atoms with Crippen LogP contribution in [0.2, 0.25) is 6.04 Å². The summed E-state index contributed by atoms with van der Waals surface area (Å²) in [5, 5.41) is 0.191. The van der Waals surface area contributed by atoms with Crippen molar-refractivity contribution in [1.29, 1.82) is 0 Å². The van der Waals surface area contributed by atoms with Crippen LogP contribution in [0.25, 0.3) is 0 Å². The average molecular weight is 500 g/mol. The van der Waals surface area contributed by atoms with E-state index in [-0.39, 0.29) is 5.25 Å². The van der Waals surface area contributed by atoms with Crippen LogP contribution >= 0.6 is 33.2 Å². The number of rotatable bonds is 12. The van der Waals surface area contributed by atoms with Gasteiger partial charge in [-0.05, 0) is 30.5 Å². The third-order valence-electron chi connectivity index (χ3n) is 4.48. The summed E-state index contributed by atoms with van der Waals surface area (Å²) in [4.78, 5) is 0. The Balaban J connectivity index is 0.000000516. The van der Waals surface area contributed by atoms with Crippen LogP contribution in [0.4, 0.5) is 0 Å². The van der Waals surface area contributed by atoms with E-state index in [0.29, 0.717) is 12.8 Å². The third kappa shape index (κ3) is 12.3. The van der Waals surface area contributed by atoms with Crippen molar-refractivity contribution in [3.63, 3.8) is 0 Å². The second-order valence-electron chi connectivity index (χ2n) is 7.16. The topological polar surface area (TPSA) is 35.5 Å². The lowest BCUT2D eigenvalue weighted by Gasteiger charge is -2.12. The van der Waals surface area contributed by atoms with E-state index >= 15 is 0 Å². The molecule has 1 aromatic rings. The lowest BCUT2D eigenvalue weighted by Crippen LogP contribution is -2.16. The van der Waals surface area contributed by atoms with Crippen LogP contribution in [-0.4, -0.2) is 28.0 Å². The fraction of sp³-hybridized carbons (Fsp3) is 0.619. The number of fused-ring (bicyclic) bond motifs is 1. The largest absolute Gasteiger partial charge is 0.454 e. The van der Waals surface area contributed by atoms with E-state index in [2.05, 4.69) is 20.4 Å². The quantitative estimate of drug-likeness (QED) is 0.131. The number of benzene rings is 1. The minimum Gasteiger partial charge on any atom is -0.454 e. The molecular weight excluding hydrogens is 467 g/mol. The highest BCUT2D eigenvalue weighted by Gasteiger charge is 2.21. The molecule has 1 aromatic carbocycles. The monoisotopic (exact) mass is 498 g/mol. The molecule has 0 saturated carbocycles. The first-order valence-corrected chi connectivity index (χ1v) is 16.8. The van der Waals surface area contributed by atoms with E-state index in [0.717, 1.165) is 30.1 Å². The Morgan fingerprint density at radius 3 is 2.41 bits per heavy atom. The summed E-state index contributed by atoms with van der Waals surface area (Å²) in [7, 11) is -0.743.